The van der Waals surface area contributed by atoms with Gasteiger partial charge >= 0.3 is 31.1 Å². The second kappa shape index (κ2) is 5.11. The van der Waals surface area contributed by atoms with Crippen molar-refractivity contribution in [3.05, 3.63) is 46.8 Å². The van der Waals surface area contributed by atoms with Gasteiger partial charge in [0.25, 0.3) is 0 Å². The maximum absolute atomic E-state index is 10.8. The van der Waals surface area contributed by atoms with Crippen molar-refractivity contribution in [3.8, 4) is 0 Å². The summed E-state index contributed by atoms with van der Waals surface area (Å²) in [6, 6.07) is 11.0. The molecule has 0 saturated heterocycles. The molecule has 2 aromatic rings. The van der Waals surface area contributed by atoms with Crippen LogP contribution < -0.4 is 5.56 Å². The molecular weight excluding hydrogens is 386 g/mol. The van der Waals surface area contributed by atoms with Crippen molar-refractivity contribution in [3.63, 3.8) is 0 Å². The van der Waals surface area contributed by atoms with Gasteiger partial charge in [0, 0.05) is 11.6 Å². The van der Waals surface area contributed by atoms with Crippen molar-refractivity contribution >= 4 is 10.9 Å². The van der Waals surface area contributed by atoms with Crippen molar-refractivity contribution in [2.24, 2.45) is 0 Å². The molecule has 0 aliphatic carbocycles. The third-order valence-corrected chi connectivity index (χ3v) is 1.63. The van der Waals surface area contributed by atoms with Crippen LogP contribution in [0.5, 0.6) is 0 Å². The molecule has 2 rings (SSSR count). The van der Waals surface area contributed by atoms with Gasteiger partial charge in [0.1, 0.15) is 0 Å². The maximum atomic E-state index is 10.8. The number of aromatic nitrogens is 1. The monoisotopic (exact) mass is 395 g/mol. The van der Waals surface area contributed by atoms with E-state index in [2.05, 4.69) is 4.98 Å². The molecule has 0 fully saturated rings. The molecule has 0 atom stereocenters. The quantitative estimate of drug-likeness (QED) is 0.590. The fourth-order valence-electron chi connectivity index (χ4n) is 1.10. The minimum absolute atomic E-state index is 0.0521. The van der Waals surface area contributed by atoms with E-state index in [1.165, 1.54) is 6.07 Å². The summed E-state index contributed by atoms with van der Waals surface area (Å²) in [5.41, 5.74) is 0.837. The summed E-state index contributed by atoms with van der Waals surface area (Å²) in [5.74, 6) is 0. The van der Waals surface area contributed by atoms with Crippen LogP contribution in [-0.4, -0.2) is 12.5 Å². The zero-order valence-corrected chi connectivity index (χ0v) is 10.9. The fourth-order valence-corrected chi connectivity index (χ4v) is 1.10. The summed E-state index contributed by atoms with van der Waals surface area (Å²) in [5, 5.41) is 1.06. The summed E-state index contributed by atoms with van der Waals surface area (Å²) in [7, 11) is 0. The first kappa shape index (κ1) is 12.7. The van der Waals surface area contributed by atoms with Crippen molar-refractivity contribution < 1.29 is 31.1 Å². The van der Waals surface area contributed by atoms with E-state index in [9.17, 15) is 4.79 Å². The molecule has 3 N–H and O–H groups in total. The van der Waals surface area contributed by atoms with E-state index in [0.29, 0.717) is 0 Å². The van der Waals surface area contributed by atoms with E-state index < -0.39 is 16.7 Å². The van der Waals surface area contributed by atoms with Gasteiger partial charge in [-0.1, -0.05) is 18.2 Å². The van der Waals surface area contributed by atoms with Crippen LogP contribution in [0.4, 0.5) is 0 Å². The van der Waals surface area contributed by atoms with Crippen LogP contribution in [0, 0.1) is 0 Å². The Hall–Kier alpha value is -1.36. The van der Waals surface area contributed by atoms with Gasteiger partial charge in [-0.15, -0.1) is 0 Å². The SMILES string of the molecule is O=c1ccc2ccccc2[nH]1.[O]=[W](=[O])([OH])[OH]. The molecule has 0 amide bonds. The number of nitrogens with one attached hydrogen (secondary N) is 1. The predicted molar refractivity (Wildman–Crippen MR) is 50.4 cm³/mol. The average molecular weight is 395 g/mol. The van der Waals surface area contributed by atoms with Crippen LogP contribution in [-0.2, 0) is 23.5 Å². The number of pyridine rings is 1. The van der Waals surface area contributed by atoms with Gasteiger partial charge in [0.05, 0.1) is 0 Å². The second-order valence-electron chi connectivity index (χ2n) is 2.86. The molecule has 1 aromatic carbocycles. The molecule has 0 aliphatic heterocycles. The Labute approximate surface area is 93.9 Å². The van der Waals surface area contributed by atoms with Crippen LogP contribution in [0.2, 0.25) is 0 Å². The molecule has 0 saturated carbocycles. The number of para-hydroxylation sites is 1. The first-order valence-corrected chi connectivity index (χ1v) is 9.16. The Kier molecular flexibility index (Phi) is 4.06. The molecule has 1 aromatic heterocycles. The number of benzene rings is 1. The van der Waals surface area contributed by atoms with Crippen LogP contribution in [0.1, 0.15) is 0 Å². The molecule has 0 unspecified atom stereocenters. The van der Waals surface area contributed by atoms with Gasteiger partial charge in [-0.25, -0.2) is 0 Å². The zero-order chi connectivity index (χ0) is 12.2. The summed E-state index contributed by atoms with van der Waals surface area (Å²) in [6.45, 7) is 0. The van der Waals surface area contributed by atoms with Gasteiger partial charge in [0.15, 0.2) is 0 Å². The molecule has 0 aliphatic rings. The molecule has 6 nitrogen and oxygen atoms in total. The van der Waals surface area contributed by atoms with E-state index in [1.807, 2.05) is 30.3 Å². The van der Waals surface area contributed by atoms with Crippen LogP contribution in [0.3, 0.4) is 0 Å². The summed E-state index contributed by atoms with van der Waals surface area (Å²) < 4.78 is 32.1. The summed E-state index contributed by atoms with van der Waals surface area (Å²) in [6.07, 6.45) is 0. The van der Waals surface area contributed by atoms with Crippen molar-refractivity contribution in [1.82, 2.24) is 4.98 Å². The molecule has 86 valence electrons. The number of rotatable bonds is 0. The Morgan fingerprint density at radius 2 is 1.56 bits per heavy atom. The van der Waals surface area contributed by atoms with Crippen molar-refractivity contribution in [2.45, 2.75) is 0 Å². The van der Waals surface area contributed by atoms with E-state index in [4.69, 9.17) is 14.3 Å². The standard InChI is InChI=1S/C9H7NO.2H2O.2O.W/c11-9-6-5-7-3-1-2-4-8(7)10-9;;;;;/h1-6H,(H,10,11);2*1H2;;;/q;;;;;+2/p-2. The summed E-state index contributed by atoms with van der Waals surface area (Å²) >= 11 is -5.67. The molecule has 0 radical (unpaired) electrons. The molecule has 0 spiro atoms. The van der Waals surface area contributed by atoms with E-state index >= 15 is 0 Å². The van der Waals surface area contributed by atoms with Gasteiger partial charge in [-0.3, -0.25) is 4.79 Å². The molecular formula is C9H9NO5W. The second-order valence-corrected chi connectivity index (χ2v) is 6.08. The topological polar surface area (TPSA) is 107 Å². The molecule has 1 heterocycles. The number of hydrogen-bond acceptors (Lipinski definition) is 3. The Bertz CT molecular complexity index is 623. The number of fused-ring (bicyclic) bond motifs is 1. The molecule has 7 heteroatoms. The number of aromatic amines is 1. The van der Waals surface area contributed by atoms with Crippen LogP contribution in [0.15, 0.2) is 41.2 Å². The van der Waals surface area contributed by atoms with Gasteiger partial charge in [0.2, 0.25) is 5.56 Å². The predicted octanol–water partition coefficient (Wildman–Crippen LogP) is 0.174. The minimum atomic E-state index is -5.67. The van der Waals surface area contributed by atoms with E-state index in [-0.39, 0.29) is 5.56 Å². The Morgan fingerprint density at radius 1 is 1.00 bits per heavy atom. The van der Waals surface area contributed by atoms with Crippen molar-refractivity contribution in [2.75, 3.05) is 0 Å². The van der Waals surface area contributed by atoms with Crippen molar-refractivity contribution in [1.29, 1.82) is 0 Å². The van der Waals surface area contributed by atoms with Gasteiger partial charge < -0.3 is 4.98 Å². The molecule has 0 bridgehead atoms. The van der Waals surface area contributed by atoms with Crippen LogP contribution in [0.25, 0.3) is 10.9 Å². The molecule has 16 heavy (non-hydrogen) atoms. The first-order valence-electron chi connectivity index (χ1n) is 4.14. The normalized spacial score (nSPS) is 10.6. The Balaban J connectivity index is 0.000000221. The number of hydrogen-bond donors (Lipinski definition) is 3. The number of H-pyrrole nitrogens is 1. The first-order chi connectivity index (χ1) is 7.36. The van der Waals surface area contributed by atoms with E-state index in [0.717, 1.165) is 10.9 Å². The average Bonchev–Trinajstić information content (AvgIpc) is 2.15. The Morgan fingerprint density at radius 3 is 2.19 bits per heavy atom. The van der Waals surface area contributed by atoms with E-state index in [1.54, 1.807) is 0 Å². The third-order valence-electron chi connectivity index (χ3n) is 1.63. The third kappa shape index (κ3) is 4.93. The summed E-state index contributed by atoms with van der Waals surface area (Å²) in [4.78, 5) is 13.6. The van der Waals surface area contributed by atoms with Crippen LogP contribution >= 0.6 is 0 Å². The van der Waals surface area contributed by atoms with Gasteiger partial charge in [-0.2, -0.15) is 0 Å². The fraction of sp³-hybridized carbons (Fsp3) is 0. The zero-order valence-electron chi connectivity index (χ0n) is 7.99. The van der Waals surface area contributed by atoms with Gasteiger partial charge in [-0.05, 0) is 17.5 Å².